The van der Waals surface area contributed by atoms with Crippen LogP contribution in [0.1, 0.15) is 10.5 Å². The molecule has 0 radical (unpaired) electrons. The summed E-state index contributed by atoms with van der Waals surface area (Å²) in [7, 11) is 1.72. The van der Waals surface area contributed by atoms with Crippen molar-refractivity contribution in [3.8, 4) is 0 Å². The van der Waals surface area contributed by atoms with Gasteiger partial charge in [0.25, 0.3) is 5.91 Å². The molecule has 25 heavy (non-hydrogen) atoms. The summed E-state index contributed by atoms with van der Waals surface area (Å²) in [5.74, 6) is -0.777. The molecule has 1 N–H and O–H groups in total. The van der Waals surface area contributed by atoms with Gasteiger partial charge in [-0.25, -0.2) is 9.18 Å². The maximum atomic E-state index is 13.0. The number of carbonyl (C=O) groups excluding carboxylic acids is 1. The molecular formula is C19H13FN2O3. The second kappa shape index (κ2) is 5.59. The fourth-order valence-electron chi connectivity index (χ4n) is 2.94. The predicted octanol–water partition coefficient (Wildman–Crippen LogP) is 3.68. The van der Waals surface area contributed by atoms with Gasteiger partial charge in [-0.15, -0.1) is 0 Å². The van der Waals surface area contributed by atoms with E-state index in [1.54, 1.807) is 23.7 Å². The Hall–Kier alpha value is -3.41. The zero-order valence-electron chi connectivity index (χ0n) is 13.2. The summed E-state index contributed by atoms with van der Waals surface area (Å²) in [6.07, 6.45) is 0. The molecule has 0 aliphatic carbocycles. The van der Waals surface area contributed by atoms with E-state index in [0.29, 0.717) is 27.9 Å². The summed E-state index contributed by atoms with van der Waals surface area (Å²) in [5.41, 5.74) is 1.38. The van der Waals surface area contributed by atoms with Crippen LogP contribution in [0.4, 0.5) is 10.1 Å². The van der Waals surface area contributed by atoms with Crippen LogP contribution in [0, 0.1) is 5.82 Å². The lowest BCUT2D eigenvalue weighted by atomic mass is 10.2. The Morgan fingerprint density at radius 2 is 1.80 bits per heavy atom. The number of carbonyl (C=O) groups is 1. The van der Waals surface area contributed by atoms with Gasteiger partial charge in [-0.3, -0.25) is 4.79 Å². The van der Waals surface area contributed by atoms with Crippen molar-refractivity contribution in [2.45, 2.75) is 0 Å². The molecule has 0 aliphatic heterocycles. The first-order valence-electron chi connectivity index (χ1n) is 7.63. The van der Waals surface area contributed by atoms with E-state index in [-0.39, 0.29) is 5.82 Å². The number of para-hydroxylation sites is 1. The topological polar surface area (TPSA) is 64.2 Å². The van der Waals surface area contributed by atoms with Gasteiger partial charge in [-0.2, -0.15) is 0 Å². The minimum absolute atomic E-state index is 0.308. The van der Waals surface area contributed by atoms with Crippen molar-refractivity contribution in [1.29, 1.82) is 0 Å². The first-order valence-corrected chi connectivity index (χ1v) is 7.63. The van der Waals surface area contributed by atoms with Crippen molar-refractivity contribution in [3.63, 3.8) is 0 Å². The molecule has 0 bridgehead atoms. The maximum Gasteiger partial charge on any atom is 0.345 e. The van der Waals surface area contributed by atoms with Crippen LogP contribution < -0.4 is 10.9 Å². The number of aromatic nitrogens is 1. The Morgan fingerprint density at radius 1 is 1.08 bits per heavy atom. The summed E-state index contributed by atoms with van der Waals surface area (Å²) in [5, 5.41) is 3.78. The van der Waals surface area contributed by atoms with E-state index >= 15 is 0 Å². The number of hydrogen-bond donors (Lipinski definition) is 1. The summed E-state index contributed by atoms with van der Waals surface area (Å²) in [6, 6.07) is 14.1. The quantitative estimate of drug-likeness (QED) is 0.568. The van der Waals surface area contributed by atoms with E-state index in [1.165, 1.54) is 30.3 Å². The Labute approximate surface area is 141 Å². The van der Waals surface area contributed by atoms with Crippen LogP contribution in [0.25, 0.3) is 21.9 Å². The summed E-state index contributed by atoms with van der Waals surface area (Å²) >= 11 is 0. The number of anilines is 1. The van der Waals surface area contributed by atoms with E-state index in [2.05, 4.69) is 5.32 Å². The predicted molar refractivity (Wildman–Crippen MR) is 93.3 cm³/mol. The molecule has 4 rings (SSSR count). The molecule has 0 aliphatic rings. The zero-order chi connectivity index (χ0) is 17.6. The van der Waals surface area contributed by atoms with Crippen LogP contribution in [-0.4, -0.2) is 10.5 Å². The van der Waals surface area contributed by atoms with Gasteiger partial charge in [0.05, 0.1) is 10.9 Å². The van der Waals surface area contributed by atoms with Crippen molar-refractivity contribution in [2.24, 2.45) is 7.05 Å². The van der Waals surface area contributed by atoms with Gasteiger partial charge in [-0.05, 0) is 42.5 Å². The number of amides is 1. The number of aryl methyl sites for hydroxylation is 1. The number of nitrogens with zero attached hydrogens (tertiary/aromatic N) is 1. The Morgan fingerprint density at radius 3 is 2.56 bits per heavy atom. The van der Waals surface area contributed by atoms with Crippen molar-refractivity contribution in [1.82, 2.24) is 4.57 Å². The van der Waals surface area contributed by atoms with Crippen LogP contribution in [0.2, 0.25) is 0 Å². The third-order valence-corrected chi connectivity index (χ3v) is 4.13. The monoisotopic (exact) mass is 336 g/mol. The Balaban J connectivity index is 1.85. The number of rotatable bonds is 2. The van der Waals surface area contributed by atoms with Gasteiger partial charge < -0.3 is 14.3 Å². The molecule has 0 atom stereocenters. The van der Waals surface area contributed by atoms with Crippen LogP contribution in [0.15, 0.2) is 63.8 Å². The third kappa shape index (κ3) is 2.48. The molecule has 0 saturated carbocycles. The van der Waals surface area contributed by atoms with Gasteiger partial charge >= 0.3 is 5.63 Å². The number of halogens is 1. The molecule has 5 nitrogen and oxygen atoms in total. The summed E-state index contributed by atoms with van der Waals surface area (Å²) in [4.78, 5) is 24.8. The fraction of sp³-hybridized carbons (Fsp3) is 0.0526. The van der Waals surface area contributed by atoms with E-state index < -0.39 is 11.5 Å². The normalized spacial score (nSPS) is 11.1. The first-order chi connectivity index (χ1) is 12.0. The van der Waals surface area contributed by atoms with Crippen LogP contribution in [0.5, 0.6) is 0 Å². The number of hydrogen-bond acceptors (Lipinski definition) is 3. The Kier molecular flexibility index (Phi) is 3.39. The third-order valence-electron chi connectivity index (χ3n) is 4.13. The van der Waals surface area contributed by atoms with E-state index in [0.717, 1.165) is 5.39 Å². The number of benzene rings is 2. The number of fused-ring (bicyclic) bond motifs is 3. The highest BCUT2D eigenvalue weighted by Gasteiger charge is 2.18. The summed E-state index contributed by atoms with van der Waals surface area (Å²) in [6.45, 7) is 0. The lowest BCUT2D eigenvalue weighted by Crippen LogP contribution is -2.15. The molecule has 0 saturated heterocycles. The molecule has 124 valence electrons. The van der Waals surface area contributed by atoms with E-state index in [1.807, 2.05) is 12.1 Å². The van der Waals surface area contributed by atoms with Gasteiger partial charge in [0.1, 0.15) is 17.1 Å². The highest BCUT2D eigenvalue weighted by Crippen LogP contribution is 2.25. The van der Waals surface area contributed by atoms with Crippen molar-refractivity contribution in [3.05, 3.63) is 76.5 Å². The average Bonchev–Trinajstić information content (AvgIpc) is 2.96. The van der Waals surface area contributed by atoms with Crippen LogP contribution >= 0.6 is 0 Å². The largest absolute Gasteiger partial charge is 0.422 e. The molecule has 6 heteroatoms. The standard InChI is InChI=1S/C19H13FN2O3/c1-22-15(18(23)21-12-8-6-11(20)7-9-12)10-14-17(22)13-4-2-3-5-16(13)25-19(14)24/h2-10H,1H3,(H,21,23). The SMILES string of the molecule is Cn1c(C(=O)Nc2ccc(F)cc2)cc2c(=O)oc3ccccc3c21. The molecule has 4 aromatic rings. The second-order valence-corrected chi connectivity index (χ2v) is 5.70. The molecular weight excluding hydrogens is 323 g/mol. The average molecular weight is 336 g/mol. The zero-order valence-corrected chi connectivity index (χ0v) is 13.2. The molecule has 0 fully saturated rings. The second-order valence-electron chi connectivity index (χ2n) is 5.70. The highest BCUT2D eigenvalue weighted by atomic mass is 19.1. The minimum atomic E-state index is -0.495. The van der Waals surface area contributed by atoms with Crippen LogP contribution in [-0.2, 0) is 7.05 Å². The van der Waals surface area contributed by atoms with Crippen LogP contribution in [0.3, 0.4) is 0 Å². The Bertz CT molecular complexity index is 1170. The number of nitrogens with one attached hydrogen (secondary N) is 1. The first kappa shape index (κ1) is 15.1. The molecule has 2 aromatic heterocycles. The minimum Gasteiger partial charge on any atom is -0.422 e. The molecule has 2 heterocycles. The van der Waals surface area contributed by atoms with Gasteiger partial charge in [0.2, 0.25) is 0 Å². The maximum absolute atomic E-state index is 13.0. The lowest BCUT2D eigenvalue weighted by Gasteiger charge is -2.07. The smallest absolute Gasteiger partial charge is 0.345 e. The highest BCUT2D eigenvalue weighted by molar-refractivity contribution is 6.10. The van der Waals surface area contributed by atoms with E-state index in [4.69, 9.17) is 4.42 Å². The molecule has 0 spiro atoms. The van der Waals surface area contributed by atoms with Crippen molar-refractivity contribution in [2.75, 3.05) is 5.32 Å². The van der Waals surface area contributed by atoms with Gasteiger partial charge in [0.15, 0.2) is 0 Å². The van der Waals surface area contributed by atoms with Crippen molar-refractivity contribution >= 4 is 33.5 Å². The molecule has 1 amide bonds. The van der Waals surface area contributed by atoms with Gasteiger partial charge in [0, 0.05) is 18.1 Å². The summed E-state index contributed by atoms with van der Waals surface area (Å²) < 4.78 is 20.0. The fourth-order valence-corrected chi connectivity index (χ4v) is 2.94. The van der Waals surface area contributed by atoms with Crippen molar-refractivity contribution < 1.29 is 13.6 Å². The lowest BCUT2D eigenvalue weighted by molar-refractivity contribution is 0.102. The molecule has 0 unspecified atom stereocenters. The van der Waals surface area contributed by atoms with E-state index in [9.17, 15) is 14.0 Å². The van der Waals surface area contributed by atoms with Gasteiger partial charge in [-0.1, -0.05) is 12.1 Å². The molecule has 2 aromatic carbocycles.